The maximum Gasteiger partial charge on any atom is 0.295 e. The highest BCUT2D eigenvalue weighted by atomic mass is 19.1. The van der Waals surface area contributed by atoms with Gasteiger partial charge in [0.1, 0.15) is 11.6 Å². The van der Waals surface area contributed by atoms with Gasteiger partial charge in [-0.2, -0.15) is 0 Å². The smallest absolute Gasteiger partial charge is 0.295 e. The molecule has 0 bridgehead atoms. The van der Waals surface area contributed by atoms with E-state index in [1.54, 1.807) is 37.5 Å². The number of nitrogens with zero attached hydrogens (tertiary/aromatic N) is 2. The average Bonchev–Trinajstić information content (AvgIpc) is 3.06. The van der Waals surface area contributed by atoms with Crippen LogP contribution in [0.5, 0.6) is 0 Å². The Morgan fingerprint density at radius 1 is 1.06 bits per heavy atom. The first-order chi connectivity index (χ1) is 15.8. The lowest BCUT2D eigenvalue weighted by Gasteiger charge is -2.25. The van der Waals surface area contributed by atoms with E-state index in [9.17, 15) is 19.1 Å². The first-order valence-corrected chi connectivity index (χ1v) is 10.8. The summed E-state index contributed by atoms with van der Waals surface area (Å²) in [5.74, 6) is -2.07. The second-order valence-electron chi connectivity index (χ2n) is 8.57. The number of hydrogen-bond acceptors (Lipinski definition) is 4. The predicted molar refractivity (Wildman–Crippen MR) is 124 cm³/mol. The number of aliphatic hydroxyl groups is 1. The van der Waals surface area contributed by atoms with E-state index in [2.05, 4.69) is 18.8 Å². The number of ketones is 1. The molecule has 1 amide bonds. The third-order valence-corrected chi connectivity index (χ3v) is 6.01. The van der Waals surface area contributed by atoms with Crippen molar-refractivity contribution in [2.45, 2.75) is 39.3 Å². The molecule has 0 saturated carbocycles. The number of aliphatic hydroxyl groups excluding tert-OH is 1. The lowest BCUT2D eigenvalue weighted by Crippen LogP contribution is -2.29. The third kappa shape index (κ3) is 4.29. The summed E-state index contributed by atoms with van der Waals surface area (Å²) >= 11 is 0. The summed E-state index contributed by atoms with van der Waals surface area (Å²) in [6.07, 6.45) is 3.24. The molecule has 33 heavy (non-hydrogen) atoms. The number of benzene rings is 2. The number of carbonyl (C=O) groups is 2. The van der Waals surface area contributed by atoms with Crippen LogP contribution in [0.4, 0.5) is 4.39 Å². The van der Waals surface area contributed by atoms with Crippen LogP contribution in [0.15, 0.2) is 72.6 Å². The van der Waals surface area contributed by atoms with Crippen molar-refractivity contribution in [2.75, 3.05) is 0 Å². The zero-order chi connectivity index (χ0) is 23.7. The summed E-state index contributed by atoms with van der Waals surface area (Å²) in [6, 6.07) is 14.6. The maximum atomic E-state index is 14.2. The van der Waals surface area contributed by atoms with Gasteiger partial charge in [0.15, 0.2) is 0 Å². The molecule has 0 spiro atoms. The van der Waals surface area contributed by atoms with Crippen molar-refractivity contribution >= 4 is 17.4 Å². The first kappa shape index (κ1) is 22.4. The van der Waals surface area contributed by atoms with Gasteiger partial charge in [0, 0.05) is 24.5 Å². The number of halogens is 1. The Hall–Kier alpha value is -3.80. The van der Waals surface area contributed by atoms with Crippen molar-refractivity contribution in [2.24, 2.45) is 0 Å². The summed E-state index contributed by atoms with van der Waals surface area (Å²) < 4.78 is 14.2. The van der Waals surface area contributed by atoms with Gasteiger partial charge in [0.25, 0.3) is 11.7 Å². The van der Waals surface area contributed by atoms with Gasteiger partial charge in [-0.3, -0.25) is 14.6 Å². The molecule has 1 atom stereocenters. The van der Waals surface area contributed by atoms with Crippen molar-refractivity contribution in [3.8, 4) is 0 Å². The monoisotopic (exact) mass is 444 g/mol. The average molecular weight is 445 g/mol. The molecule has 2 aromatic carbocycles. The number of aromatic nitrogens is 1. The fraction of sp³-hybridized carbons (Fsp3) is 0.222. The topological polar surface area (TPSA) is 70.5 Å². The van der Waals surface area contributed by atoms with Crippen LogP contribution in [0.1, 0.15) is 53.6 Å². The first-order valence-electron chi connectivity index (χ1n) is 10.8. The van der Waals surface area contributed by atoms with Gasteiger partial charge in [-0.25, -0.2) is 4.39 Å². The molecule has 1 unspecified atom stereocenters. The molecule has 3 aromatic rings. The molecule has 1 saturated heterocycles. The molecular formula is C27H25FN2O3. The molecule has 4 rings (SSSR count). The summed E-state index contributed by atoms with van der Waals surface area (Å²) in [4.78, 5) is 31.6. The normalized spacial score (nSPS) is 17.7. The molecule has 168 valence electrons. The van der Waals surface area contributed by atoms with Gasteiger partial charge in [-0.1, -0.05) is 50.2 Å². The van der Waals surface area contributed by atoms with Crippen LogP contribution < -0.4 is 0 Å². The quantitative estimate of drug-likeness (QED) is 0.330. The van der Waals surface area contributed by atoms with Crippen LogP contribution in [0.25, 0.3) is 5.76 Å². The van der Waals surface area contributed by atoms with Crippen LogP contribution in [0.3, 0.4) is 0 Å². The van der Waals surface area contributed by atoms with Crippen molar-refractivity contribution in [1.82, 2.24) is 9.88 Å². The molecule has 5 nitrogen and oxygen atoms in total. The SMILES string of the molecule is Cc1ccc(C(O)=C2C(=O)C(=O)N(Cc3ccncc3)C2c2ccc(C(C)C)cc2)cc1F. The molecule has 1 fully saturated rings. The number of rotatable bonds is 5. The summed E-state index contributed by atoms with van der Waals surface area (Å²) in [6.45, 7) is 5.94. The lowest BCUT2D eigenvalue weighted by atomic mass is 9.93. The van der Waals surface area contributed by atoms with Gasteiger partial charge < -0.3 is 10.0 Å². The number of pyridine rings is 1. The van der Waals surface area contributed by atoms with Gasteiger partial charge in [-0.15, -0.1) is 0 Å². The molecule has 1 aliphatic rings. The Kier molecular flexibility index (Phi) is 6.09. The van der Waals surface area contributed by atoms with E-state index in [-0.39, 0.29) is 23.4 Å². The Balaban J connectivity index is 1.86. The number of carbonyl (C=O) groups excluding carboxylic acids is 2. The van der Waals surface area contributed by atoms with Gasteiger partial charge in [-0.05, 0) is 53.3 Å². The fourth-order valence-electron chi connectivity index (χ4n) is 4.03. The van der Waals surface area contributed by atoms with E-state index in [1.807, 2.05) is 24.3 Å². The van der Waals surface area contributed by atoms with Crippen LogP contribution in [-0.2, 0) is 16.1 Å². The van der Waals surface area contributed by atoms with Crippen molar-refractivity contribution < 1.29 is 19.1 Å². The van der Waals surface area contributed by atoms with E-state index in [4.69, 9.17) is 0 Å². The number of Topliss-reactive ketones (excluding diaryl/α,β-unsaturated/α-hetero) is 1. The van der Waals surface area contributed by atoms with Crippen molar-refractivity contribution in [3.63, 3.8) is 0 Å². The van der Waals surface area contributed by atoms with E-state index in [1.165, 1.54) is 17.0 Å². The van der Waals surface area contributed by atoms with Crippen molar-refractivity contribution in [3.05, 3.63) is 106 Å². The largest absolute Gasteiger partial charge is 0.507 e. The second kappa shape index (κ2) is 8.98. The Bertz CT molecular complexity index is 1230. The van der Waals surface area contributed by atoms with E-state index < -0.39 is 23.5 Å². The van der Waals surface area contributed by atoms with E-state index in [0.29, 0.717) is 17.0 Å². The highest BCUT2D eigenvalue weighted by molar-refractivity contribution is 6.46. The van der Waals surface area contributed by atoms with Crippen LogP contribution in [-0.4, -0.2) is 26.7 Å². The third-order valence-electron chi connectivity index (χ3n) is 6.01. The number of amides is 1. The molecule has 2 heterocycles. The molecule has 0 aliphatic carbocycles. The van der Waals surface area contributed by atoms with Crippen molar-refractivity contribution in [1.29, 1.82) is 0 Å². The Morgan fingerprint density at radius 2 is 1.73 bits per heavy atom. The van der Waals surface area contributed by atoms with Crippen LogP contribution in [0, 0.1) is 12.7 Å². The fourth-order valence-corrected chi connectivity index (χ4v) is 4.03. The minimum atomic E-state index is -0.802. The Labute approximate surface area is 192 Å². The number of aryl methyl sites for hydroxylation is 1. The second-order valence-corrected chi connectivity index (χ2v) is 8.57. The number of hydrogen-bond donors (Lipinski definition) is 1. The molecule has 0 radical (unpaired) electrons. The van der Waals surface area contributed by atoms with E-state index in [0.717, 1.165) is 11.1 Å². The van der Waals surface area contributed by atoms with E-state index >= 15 is 0 Å². The predicted octanol–water partition coefficient (Wildman–Crippen LogP) is 5.27. The van der Waals surface area contributed by atoms with Gasteiger partial charge in [0.2, 0.25) is 0 Å². The minimum Gasteiger partial charge on any atom is -0.507 e. The Morgan fingerprint density at radius 3 is 2.33 bits per heavy atom. The van der Waals surface area contributed by atoms with Crippen LogP contribution >= 0.6 is 0 Å². The van der Waals surface area contributed by atoms with Gasteiger partial charge in [0.05, 0.1) is 11.6 Å². The molecule has 1 aromatic heterocycles. The summed E-state index contributed by atoms with van der Waals surface area (Å²) in [5.41, 5.74) is 3.15. The van der Waals surface area contributed by atoms with Gasteiger partial charge >= 0.3 is 0 Å². The molecule has 1 aliphatic heterocycles. The maximum absolute atomic E-state index is 14.2. The zero-order valence-corrected chi connectivity index (χ0v) is 18.7. The molecular weight excluding hydrogens is 419 g/mol. The lowest BCUT2D eigenvalue weighted by molar-refractivity contribution is -0.140. The number of likely N-dealkylation sites (tertiary alicyclic amines) is 1. The highest BCUT2D eigenvalue weighted by Gasteiger charge is 2.46. The standard InChI is InChI=1S/C27H25FN2O3/c1-16(2)19-6-8-20(9-7-19)24-23(25(31)21-5-4-17(3)22(28)14-21)26(32)27(33)30(24)15-18-10-12-29-13-11-18/h4-14,16,24,31H,15H2,1-3H3. The van der Waals surface area contributed by atoms with Crippen LogP contribution in [0.2, 0.25) is 0 Å². The minimum absolute atomic E-state index is 0.0467. The summed E-state index contributed by atoms with van der Waals surface area (Å²) in [5, 5.41) is 11.1. The highest BCUT2D eigenvalue weighted by Crippen LogP contribution is 2.40. The summed E-state index contributed by atoms with van der Waals surface area (Å²) in [7, 11) is 0. The molecule has 6 heteroatoms. The molecule has 1 N–H and O–H groups in total. The zero-order valence-electron chi connectivity index (χ0n) is 18.7.